The van der Waals surface area contributed by atoms with Crippen LogP contribution in [0.15, 0.2) is 16.3 Å². The molecule has 0 saturated heterocycles. The highest BCUT2D eigenvalue weighted by Crippen LogP contribution is 2.39. The van der Waals surface area contributed by atoms with Gasteiger partial charge < -0.3 is 5.11 Å². The van der Waals surface area contributed by atoms with Gasteiger partial charge in [-0.3, -0.25) is 0 Å². The Balaban J connectivity index is 2.05. The number of sulfonamides is 1. The molecule has 1 fully saturated rings. The summed E-state index contributed by atoms with van der Waals surface area (Å²) in [6, 6.07) is 1.54. The molecule has 2 N–H and O–H groups in total. The van der Waals surface area contributed by atoms with Crippen LogP contribution in [0.5, 0.6) is 0 Å². The monoisotopic (exact) mass is 321 g/mol. The molecule has 0 bridgehead atoms. The van der Waals surface area contributed by atoms with Crippen LogP contribution in [0.1, 0.15) is 30.6 Å². The normalized spacial score (nSPS) is 18.8. The van der Waals surface area contributed by atoms with Crippen molar-refractivity contribution in [1.82, 2.24) is 4.72 Å². The Hall–Kier alpha value is -0.0800. The minimum atomic E-state index is -3.45. The van der Waals surface area contributed by atoms with Gasteiger partial charge in [-0.25, -0.2) is 13.1 Å². The van der Waals surface area contributed by atoms with Crippen LogP contribution in [-0.2, 0) is 16.6 Å². The van der Waals surface area contributed by atoms with Crippen LogP contribution in [0.25, 0.3) is 0 Å². The van der Waals surface area contributed by atoms with Gasteiger partial charge in [0, 0.05) is 21.5 Å². The summed E-state index contributed by atoms with van der Waals surface area (Å²) in [6.07, 6.45) is 6.55. The van der Waals surface area contributed by atoms with E-state index in [1.165, 1.54) is 30.2 Å². The highest BCUT2D eigenvalue weighted by Gasteiger charge is 2.34. The third kappa shape index (κ3) is 3.52. The van der Waals surface area contributed by atoms with Gasteiger partial charge in [-0.05, 0) is 25.2 Å². The van der Waals surface area contributed by atoms with Gasteiger partial charge in [0.05, 0.1) is 11.5 Å². The molecule has 0 amide bonds. The molecule has 0 atom stereocenters. The van der Waals surface area contributed by atoms with Crippen LogP contribution in [0, 0.1) is 0 Å². The minimum absolute atomic E-state index is 0.0584. The maximum absolute atomic E-state index is 12.2. The highest BCUT2D eigenvalue weighted by atomic mass is 32.2. The SMILES string of the molecule is CSC1(CNS(=O)(=O)c2csc(CO)c2)CCCC1. The summed E-state index contributed by atoms with van der Waals surface area (Å²) in [5.74, 6) is 0. The van der Waals surface area contributed by atoms with Gasteiger partial charge in [0.25, 0.3) is 0 Å². The lowest BCUT2D eigenvalue weighted by Crippen LogP contribution is -2.38. The third-order valence-electron chi connectivity index (χ3n) is 3.63. The summed E-state index contributed by atoms with van der Waals surface area (Å²) in [5.41, 5.74) is 0. The molecule has 0 aliphatic heterocycles. The molecule has 0 radical (unpaired) electrons. The van der Waals surface area contributed by atoms with Crippen LogP contribution in [-0.4, -0.2) is 31.1 Å². The number of nitrogens with one attached hydrogen (secondary N) is 1. The Morgan fingerprint density at radius 1 is 1.47 bits per heavy atom. The number of hydrogen-bond acceptors (Lipinski definition) is 5. The van der Waals surface area contributed by atoms with Gasteiger partial charge >= 0.3 is 0 Å². The summed E-state index contributed by atoms with van der Waals surface area (Å²) in [4.78, 5) is 0.927. The molecule has 1 aromatic rings. The zero-order chi connectivity index (χ0) is 13.9. The zero-order valence-electron chi connectivity index (χ0n) is 10.9. The van der Waals surface area contributed by atoms with Crippen molar-refractivity contribution < 1.29 is 13.5 Å². The van der Waals surface area contributed by atoms with Crippen molar-refractivity contribution in [2.24, 2.45) is 0 Å². The second-order valence-electron chi connectivity index (χ2n) is 4.83. The van der Waals surface area contributed by atoms with Crippen LogP contribution in [0.2, 0.25) is 0 Å². The first kappa shape index (κ1) is 15.3. The average Bonchev–Trinajstić information content (AvgIpc) is 3.06. The van der Waals surface area contributed by atoms with Crippen LogP contribution in [0.4, 0.5) is 0 Å². The van der Waals surface area contributed by atoms with Gasteiger partial charge in [0.1, 0.15) is 0 Å². The van der Waals surface area contributed by atoms with E-state index in [-0.39, 0.29) is 16.2 Å². The largest absolute Gasteiger partial charge is 0.391 e. The quantitative estimate of drug-likeness (QED) is 0.843. The second kappa shape index (κ2) is 6.13. The van der Waals surface area contributed by atoms with E-state index >= 15 is 0 Å². The Labute approximate surface area is 122 Å². The maximum Gasteiger partial charge on any atom is 0.241 e. The molecule has 1 aliphatic rings. The average molecular weight is 321 g/mol. The van der Waals surface area contributed by atoms with Crippen molar-refractivity contribution in [3.05, 3.63) is 16.3 Å². The maximum atomic E-state index is 12.2. The molecule has 7 heteroatoms. The first-order valence-electron chi connectivity index (χ1n) is 6.24. The highest BCUT2D eigenvalue weighted by molar-refractivity contribution is 8.00. The molecule has 1 aliphatic carbocycles. The number of aliphatic hydroxyl groups excluding tert-OH is 1. The molecule has 1 saturated carbocycles. The van der Waals surface area contributed by atoms with E-state index in [4.69, 9.17) is 5.11 Å². The lowest BCUT2D eigenvalue weighted by Gasteiger charge is -2.26. The molecule has 2 rings (SSSR count). The standard InChI is InChI=1S/C12H19NO3S3/c1-17-12(4-2-3-5-12)9-13-19(15,16)11-6-10(7-14)18-8-11/h6,8,13-14H,2-5,7,9H2,1H3. The van der Waals surface area contributed by atoms with Crippen LogP contribution in [0.3, 0.4) is 0 Å². The Bertz CT molecular complexity index is 518. The molecule has 1 aromatic heterocycles. The fraction of sp³-hybridized carbons (Fsp3) is 0.667. The van der Waals surface area contributed by atoms with E-state index in [0.29, 0.717) is 11.4 Å². The lowest BCUT2D eigenvalue weighted by molar-refractivity contribution is 0.285. The first-order valence-corrected chi connectivity index (χ1v) is 9.83. The van der Waals surface area contributed by atoms with E-state index in [1.54, 1.807) is 17.1 Å². The summed E-state index contributed by atoms with van der Waals surface area (Å²) in [6.45, 7) is 0.371. The van der Waals surface area contributed by atoms with E-state index in [0.717, 1.165) is 12.8 Å². The fourth-order valence-corrected chi connectivity index (χ4v) is 5.63. The van der Waals surface area contributed by atoms with Crippen molar-refractivity contribution in [3.63, 3.8) is 0 Å². The topological polar surface area (TPSA) is 66.4 Å². The summed E-state index contributed by atoms with van der Waals surface area (Å²) < 4.78 is 27.1. The zero-order valence-corrected chi connectivity index (χ0v) is 13.3. The molecule has 0 aromatic carbocycles. The van der Waals surface area contributed by atoms with Gasteiger partial charge in [-0.2, -0.15) is 11.8 Å². The van der Waals surface area contributed by atoms with Gasteiger partial charge in [0.15, 0.2) is 0 Å². The molecule has 19 heavy (non-hydrogen) atoms. The Morgan fingerprint density at radius 3 is 2.68 bits per heavy atom. The second-order valence-corrected chi connectivity index (χ2v) is 8.86. The van der Waals surface area contributed by atoms with Crippen molar-refractivity contribution in [2.45, 2.75) is 41.9 Å². The number of thioether (sulfide) groups is 1. The fourth-order valence-electron chi connectivity index (χ4n) is 2.37. The molecule has 0 unspecified atom stereocenters. The number of thiophene rings is 1. The van der Waals surface area contributed by atoms with Crippen LogP contribution < -0.4 is 4.72 Å². The Kier molecular flexibility index (Phi) is 4.94. The first-order chi connectivity index (χ1) is 9.01. The lowest BCUT2D eigenvalue weighted by atomic mass is 10.1. The molecule has 108 valence electrons. The number of hydrogen-bond donors (Lipinski definition) is 2. The molecule has 1 heterocycles. The van der Waals surface area contributed by atoms with Crippen molar-refractivity contribution in [2.75, 3.05) is 12.8 Å². The van der Waals surface area contributed by atoms with Gasteiger partial charge in [-0.15, -0.1) is 11.3 Å². The smallest absolute Gasteiger partial charge is 0.241 e. The van der Waals surface area contributed by atoms with Crippen LogP contribution >= 0.6 is 23.1 Å². The van der Waals surface area contributed by atoms with Gasteiger partial charge in [-0.1, -0.05) is 12.8 Å². The summed E-state index contributed by atoms with van der Waals surface area (Å²) in [7, 11) is -3.45. The molecular formula is C12H19NO3S3. The van der Waals surface area contributed by atoms with Gasteiger partial charge in [0.2, 0.25) is 10.0 Å². The number of rotatable bonds is 6. The summed E-state index contributed by atoms with van der Waals surface area (Å²) in [5, 5.41) is 10.6. The van der Waals surface area contributed by atoms with E-state index in [9.17, 15) is 8.42 Å². The number of aliphatic hydroxyl groups is 1. The predicted molar refractivity (Wildman–Crippen MR) is 80.1 cm³/mol. The summed E-state index contributed by atoms with van der Waals surface area (Å²) >= 11 is 3.03. The molecule has 0 spiro atoms. The molecular weight excluding hydrogens is 302 g/mol. The van der Waals surface area contributed by atoms with E-state index in [2.05, 4.69) is 4.72 Å². The minimum Gasteiger partial charge on any atom is -0.391 e. The van der Waals surface area contributed by atoms with Crippen molar-refractivity contribution in [1.29, 1.82) is 0 Å². The van der Waals surface area contributed by atoms with E-state index in [1.807, 2.05) is 6.26 Å². The Morgan fingerprint density at radius 2 is 2.16 bits per heavy atom. The van der Waals surface area contributed by atoms with E-state index < -0.39 is 10.0 Å². The third-order valence-corrected chi connectivity index (χ3v) is 7.50. The van der Waals surface area contributed by atoms with Crippen molar-refractivity contribution in [3.8, 4) is 0 Å². The van der Waals surface area contributed by atoms with Crippen molar-refractivity contribution >= 4 is 33.1 Å². The predicted octanol–water partition coefficient (Wildman–Crippen LogP) is 2.19. The molecule has 4 nitrogen and oxygen atoms in total.